The Labute approximate surface area is 603 Å². The molecule has 16 atom stereocenters. The average molecular weight is 1430 g/mol. The third-order valence-corrected chi connectivity index (χ3v) is 17.7. The maximum atomic E-state index is 15.0. The Morgan fingerprint density at radius 1 is 0.324 bits per heavy atom. The molecule has 4 heterocycles. The topological polar surface area (TPSA) is 267 Å². The average Bonchev–Trinajstić information content (AvgIpc) is 0.757. The summed E-state index contributed by atoms with van der Waals surface area (Å²) in [6.07, 6.45) is -25.6. The Morgan fingerprint density at radius 3 is 1.08 bits per heavy atom. The molecule has 0 radical (unpaired) electrons. The van der Waals surface area contributed by atoms with Crippen LogP contribution in [0.5, 0.6) is 0 Å². The number of hydrogen-bond acceptors (Lipinski definition) is 23. The summed E-state index contributed by atoms with van der Waals surface area (Å²) in [5.74, 6) is -6.44. The lowest BCUT2D eigenvalue weighted by Gasteiger charge is -2.51. The van der Waals surface area contributed by atoms with Gasteiger partial charge in [-0.25, -0.2) is 33.6 Å². The highest BCUT2D eigenvalue weighted by molar-refractivity contribution is 5.93. The molecule has 0 spiro atoms. The van der Waals surface area contributed by atoms with Gasteiger partial charge in [0, 0.05) is 12.7 Å². The number of carbonyl (C=O) groups is 7. The van der Waals surface area contributed by atoms with E-state index < -0.39 is 153 Å². The second-order valence-corrected chi connectivity index (χ2v) is 24.6. The molecule has 0 N–H and O–H groups in total. The highest BCUT2D eigenvalue weighted by Gasteiger charge is 2.60. The molecule has 538 valence electrons. The molecule has 0 aliphatic carbocycles. The van der Waals surface area contributed by atoms with Crippen LogP contribution in [-0.2, 0) is 82.4 Å². The van der Waals surface area contributed by atoms with Crippen LogP contribution in [0.3, 0.4) is 0 Å². The minimum atomic E-state index is -2.01. The second-order valence-electron chi connectivity index (χ2n) is 24.6. The molecule has 4 fully saturated rings. The molecule has 13 rings (SSSR count). The van der Waals surface area contributed by atoms with Crippen molar-refractivity contribution in [3.8, 4) is 0 Å². The van der Waals surface area contributed by atoms with E-state index in [-0.39, 0.29) is 52.2 Å². The Bertz CT molecular complexity index is 4320. The van der Waals surface area contributed by atoms with Gasteiger partial charge in [0.25, 0.3) is 0 Å². The summed E-state index contributed by atoms with van der Waals surface area (Å²) < 4.78 is 106. The first-order chi connectivity index (χ1) is 51.4. The summed E-state index contributed by atoms with van der Waals surface area (Å²) in [6, 6.07) is 73.8. The molecule has 9 aromatic carbocycles. The highest BCUT2D eigenvalue weighted by atomic mass is 16.8. The van der Waals surface area contributed by atoms with Crippen LogP contribution in [0.15, 0.2) is 273 Å². The molecule has 1 unspecified atom stereocenters. The summed E-state index contributed by atoms with van der Waals surface area (Å²) in [7, 11) is 1.27. The van der Waals surface area contributed by atoms with Crippen molar-refractivity contribution in [1.29, 1.82) is 0 Å². The Morgan fingerprint density at radius 2 is 0.667 bits per heavy atom. The molecule has 0 bridgehead atoms. The first-order valence-electron chi connectivity index (χ1n) is 33.9. The van der Waals surface area contributed by atoms with Crippen LogP contribution in [0.4, 0.5) is 0 Å². The van der Waals surface area contributed by atoms with Crippen molar-refractivity contribution in [1.82, 2.24) is 0 Å². The number of methoxy groups -OCH3 is 1. The molecule has 4 saturated heterocycles. The van der Waals surface area contributed by atoms with Gasteiger partial charge in [-0.05, 0) is 90.5 Å². The number of esters is 7. The molecule has 9 aromatic rings. The molecule has 0 aromatic heterocycles. The van der Waals surface area contributed by atoms with Gasteiger partial charge in [-0.2, -0.15) is 0 Å². The second kappa shape index (κ2) is 34.9. The van der Waals surface area contributed by atoms with Gasteiger partial charge in [0.15, 0.2) is 61.8 Å². The third-order valence-electron chi connectivity index (χ3n) is 17.7. The van der Waals surface area contributed by atoms with Gasteiger partial charge >= 0.3 is 41.8 Å². The standard InChI is InChI=1S/C82H72O23/c1-90-80-70(102-77(88)57-41-23-8-24-42-57)67(100-75(86)55-37-19-6-20-38-55)65(99-74(85)54-35-17-5-18-36-54)62(95-80)50-94-81-69(66(91-47-51-29-11-2-12-30-51)63-61(96-81)49-93-79(104-63)59-45-27-10-28-46-59)105-82-71(103-78(89)58-43-25-9-26-44-58)68(101-76(87)56-39-21-7-22-40-56)64(98-73(84)53-33-15-4-16-34-53)60(97-82)48-92-72(83)52-31-13-3-14-32-52/h2-46,60-71,79-82H,47-50H2,1H3/t60-,61-,62-,63-,64-,65-,66+,67+,68+,69+,70-,71+,79?,80+,81-,82-/m1/s1. The van der Waals surface area contributed by atoms with E-state index in [1.807, 2.05) is 60.7 Å². The van der Waals surface area contributed by atoms with Crippen molar-refractivity contribution in [2.75, 3.05) is 26.9 Å². The number of rotatable bonds is 25. The number of ether oxygens (including phenoxy) is 16. The zero-order chi connectivity index (χ0) is 72.4. The molecule has 0 saturated carbocycles. The van der Waals surface area contributed by atoms with E-state index in [9.17, 15) is 33.6 Å². The Hall–Kier alpha value is -11.1. The van der Waals surface area contributed by atoms with Crippen molar-refractivity contribution in [3.63, 3.8) is 0 Å². The van der Waals surface area contributed by atoms with Gasteiger partial charge in [-0.3, -0.25) is 0 Å². The third kappa shape index (κ3) is 17.9. The van der Waals surface area contributed by atoms with Crippen molar-refractivity contribution in [3.05, 3.63) is 323 Å². The normalized spacial score (nSPS) is 25.5. The number of hydrogen-bond donors (Lipinski definition) is 0. The van der Waals surface area contributed by atoms with Gasteiger partial charge in [0.2, 0.25) is 0 Å². The number of carbonyl (C=O) groups excluding carboxylic acids is 7. The molecule has 4 aliphatic rings. The van der Waals surface area contributed by atoms with E-state index in [1.165, 1.54) is 92.0 Å². The first-order valence-corrected chi connectivity index (χ1v) is 33.9. The predicted molar refractivity (Wildman–Crippen MR) is 369 cm³/mol. The molecule has 105 heavy (non-hydrogen) atoms. The van der Waals surface area contributed by atoms with Gasteiger partial charge in [-0.1, -0.05) is 188 Å². The summed E-state index contributed by atoms with van der Waals surface area (Å²) in [4.78, 5) is 102. The Balaban J connectivity index is 0.940. The molecule has 0 amide bonds. The van der Waals surface area contributed by atoms with Crippen LogP contribution < -0.4 is 0 Å². The van der Waals surface area contributed by atoms with Crippen LogP contribution >= 0.6 is 0 Å². The highest BCUT2D eigenvalue weighted by Crippen LogP contribution is 2.41. The lowest BCUT2D eigenvalue weighted by atomic mass is 9.95. The fourth-order valence-corrected chi connectivity index (χ4v) is 12.4. The molecular formula is C82H72O23. The van der Waals surface area contributed by atoms with Crippen LogP contribution in [0.1, 0.15) is 89.9 Å². The minimum Gasteiger partial charge on any atom is -0.459 e. The van der Waals surface area contributed by atoms with E-state index in [1.54, 1.807) is 127 Å². The number of fused-ring (bicyclic) bond motifs is 1. The predicted octanol–water partition coefficient (Wildman–Crippen LogP) is 11.1. The fraction of sp³-hybridized carbons (Fsp3) is 0.256. The quantitative estimate of drug-likeness (QED) is 0.0380. The largest absolute Gasteiger partial charge is 0.459 e. The van der Waals surface area contributed by atoms with E-state index in [0.717, 1.165) is 0 Å². The van der Waals surface area contributed by atoms with Crippen molar-refractivity contribution in [2.24, 2.45) is 0 Å². The summed E-state index contributed by atoms with van der Waals surface area (Å²) in [6.45, 7) is -1.69. The van der Waals surface area contributed by atoms with Gasteiger partial charge in [-0.15, -0.1) is 0 Å². The SMILES string of the molecule is CO[C@H]1O[C@H](CO[C@@H]2O[C@@H]3COC(c4ccccc4)O[C@H]3[C@H](OCc3ccccc3)[C@@H]2O[C@H]2O[C@H](COC(=O)c3ccccc3)[C@@H](OC(=O)c3ccccc3)[C@H](OC(=O)c3ccccc3)[C@@H]2OC(=O)c2ccccc2)[C@@H](OC(=O)c2ccccc2)[C@H](OC(=O)c2ccccc2)[C@H]1OC(=O)c1ccccc1. The van der Waals surface area contributed by atoms with E-state index >= 15 is 0 Å². The van der Waals surface area contributed by atoms with E-state index in [4.69, 9.17) is 75.8 Å². The number of benzene rings is 9. The minimum absolute atomic E-state index is 0.0204. The van der Waals surface area contributed by atoms with Gasteiger partial charge in [0.1, 0.15) is 43.2 Å². The molecule has 23 heteroatoms. The fourth-order valence-electron chi connectivity index (χ4n) is 12.4. The van der Waals surface area contributed by atoms with Crippen LogP contribution in [-0.4, -0.2) is 161 Å². The van der Waals surface area contributed by atoms with Crippen LogP contribution in [0.25, 0.3) is 0 Å². The van der Waals surface area contributed by atoms with Crippen molar-refractivity contribution >= 4 is 41.8 Å². The zero-order valence-corrected chi connectivity index (χ0v) is 56.4. The van der Waals surface area contributed by atoms with Gasteiger partial charge in [0.05, 0.1) is 58.8 Å². The summed E-state index contributed by atoms with van der Waals surface area (Å²) in [5.41, 5.74) is 1.82. The summed E-state index contributed by atoms with van der Waals surface area (Å²) in [5, 5.41) is 0. The monoisotopic (exact) mass is 1420 g/mol. The van der Waals surface area contributed by atoms with Gasteiger partial charge < -0.3 is 75.8 Å². The van der Waals surface area contributed by atoms with Crippen LogP contribution in [0, 0.1) is 0 Å². The Kier molecular flexibility index (Phi) is 24.0. The maximum absolute atomic E-state index is 15.0. The van der Waals surface area contributed by atoms with Crippen LogP contribution in [0.2, 0.25) is 0 Å². The van der Waals surface area contributed by atoms with E-state index in [2.05, 4.69) is 0 Å². The smallest absolute Gasteiger partial charge is 0.338 e. The summed E-state index contributed by atoms with van der Waals surface area (Å²) >= 11 is 0. The maximum Gasteiger partial charge on any atom is 0.338 e. The molecular weight excluding hydrogens is 1350 g/mol. The molecule has 23 nitrogen and oxygen atoms in total. The van der Waals surface area contributed by atoms with Crippen molar-refractivity contribution < 1.29 is 109 Å². The van der Waals surface area contributed by atoms with E-state index in [0.29, 0.717) is 11.1 Å². The zero-order valence-electron chi connectivity index (χ0n) is 56.4. The first kappa shape index (κ1) is 72.3. The lowest BCUT2D eigenvalue weighted by molar-refractivity contribution is -0.400. The lowest BCUT2D eigenvalue weighted by Crippen LogP contribution is -2.68. The van der Waals surface area contributed by atoms with Crippen molar-refractivity contribution in [2.45, 2.75) is 105 Å². The molecule has 4 aliphatic heterocycles.